The van der Waals surface area contributed by atoms with E-state index in [0.29, 0.717) is 0 Å². The number of para-hydroxylation sites is 1. The fourth-order valence-electron chi connectivity index (χ4n) is 3.45. The van der Waals surface area contributed by atoms with Crippen LogP contribution in [0.4, 0.5) is 10.1 Å². The summed E-state index contributed by atoms with van der Waals surface area (Å²) in [4.78, 5) is 12.9. The Kier molecular flexibility index (Phi) is 7.22. The standard InChI is InChI=1S/C26H29FN2O3S/c1-19(20-14-16-21(17-15-20)26(2,3)4)28-25(30)18-29(24-13-9-8-12-23(24)27)33(31,32)22-10-6-5-7-11-22/h5-17,19H,18H2,1-4H3,(H,28,30). The highest BCUT2D eigenvalue weighted by Crippen LogP contribution is 2.27. The molecule has 1 amide bonds. The minimum Gasteiger partial charge on any atom is -0.348 e. The fourth-order valence-corrected chi connectivity index (χ4v) is 4.90. The second kappa shape index (κ2) is 9.75. The summed E-state index contributed by atoms with van der Waals surface area (Å²) in [6, 6.07) is 20.8. The van der Waals surface area contributed by atoms with Crippen molar-refractivity contribution in [3.63, 3.8) is 0 Å². The molecule has 0 aliphatic rings. The van der Waals surface area contributed by atoms with Crippen molar-refractivity contribution in [3.05, 3.63) is 95.8 Å². The summed E-state index contributed by atoms with van der Waals surface area (Å²) in [6.45, 7) is 7.64. The lowest BCUT2D eigenvalue weighted by atomic mass is 9.86. The summed E-state index contributed by atoms with van der Waals surface area (Å²) >= 11 is 0. The molecule has 3 rings (SSSR count). The van der Waals surface area contributed by atoms with Crippen LogP contribution in [0, 0.1) is 5.82 Å². The van der Waals surface area contributed by atoms with Gasteiger partial charge >= 0.3 is 0 Å². The Morgan fingerprint density at radius 2 is 1.52 bits per heavy atom. The van der Waals surface area contributed by atoms with Crippen LogP contribution in [0.2, 0.25) is 0 Å². The minimum atomic E-state index is -4.16. The SMILES string of the molecule is CC(NC(=O)CN(c1ccccc1F)S(=O)(=O)c1ccccc1)c1ccc(C(C)(C)C)cc1. The van der Waals surface area contributed by atoms with Crippen molar-refractivity contribution in [2.45, 2.75) is 44.0 Å². The second-order valence-corrected chi connectivity index (χ2v) is 10.8. The molecular weight excluding hydrogens is 439 g/mol. The summed E-state index contributed by atoms with van der Waals surface area (Å²) in [6.07, 6.45) is 0. The fraction of sp³-hybridized carbons (Fsp3) is 0.269. The van der Waals surface area contributed by atoms with E-state index in [1.165, 1.54) is 42.0 Å². The number of carbonyl (C=O) groups excluding carboxylic acids is 1. The third kappa shape index (κ3) is 5.79. The summed E-state index contributed by atoms with van der Waals surface area (Å²) in [7, 11) is -4.16. The first-order valence-corrected chi connectivity index (χ1v) is 12.2. The van der Waals surface area contributed by atoms with E-state index < -0.39 is 28.3 Å². The van der Waals surface area contributed by atoms with E-state index in [2.05, 4.69) is 26.1 Å². The number of sulfonamides is 1. The van der Waals surface area contributed by atoms with Crippen LogP contribution in [0.3, 0.4) is 0 Å². The van der Waals surface area contributed by atoms with Gasteiger partial charge in [-0.1, -0.05) is 75.4 Å². The van der Waals surface area contributed by atoms with E-state index in [4.69, 9.17) is 0 Å². The molecule has 0 aromatic heterocycles. The van der Waals surface area contributed by atoms with Gasteiger partial charge in [-0.3, -0.25) is 9.10 Å². The number of nitrogens with one attached hydrogen (secondary N) is 1. The average molecular weight is 469 g/mol. The monoisotopic (exact) mass is 468 g/mol. The van der Waals surface area contributed by atoms with Gasteiger partial charge in [-0.2, -0.15) is 0 Å². The quantitative estimate of drug-likeness (QED) is 0.519. The number of rotatable bonds is 7. The molecular formula is C26H29FN2O3S. The molecule has 5 nitrogen and oxygen atoms in total. The predicted molar refractivity (Wildman–Crippen MR) is 129 cm³/mol. The van der Waals surface area contributed by atoms with Gasteiger partial charge in [0, 0.05) is 0 Å². The molecule has 0 aliphatic heterocycles. The van der Waals surface area contributed by atoms with Gasteiger partial charge in [-0.05, 0) is 47.7 Å². The van der Waals surface area contributed by atoms with Crippen molar-refractivity contribution in [3.8, 4) is 0 Å². The molecule has 0 saturated carbocycles. The maximum Gasteiger partial charge on any atom is 0.264 e. The van der Waals surface area contributed by atoms with Gasteiger partial charge in [0.25, 0.3) is 10.0 Å². The van der Waals surface area contributed by atoms with E-state index in [-0.39, 0.29) is 22.0 Å². The van der Waals surface area contributed by atoms with Crippen molar-refractivity contribution in [2.24, 2.45) is 0 Å². The van der Waals surface area contributed by atoms with Crippen LogP contribution in [0.15, 0.2) is 83.8 Å². The zero-order valence-corrected chi connectivity index (χ0v) is 20.1. The number of benzene rings is 3. The molecule has 174 valence electrons. The first kappa shape index (κ1) is 24.5. The molecule has 0 saturated heterocycles. The summed E-state index contributed by atoms with van der Waals surface area (Å²) in [5, 5.41) is 2.83. The average Bonchev–Trinajstić information content (AvgIpc) is 2.78. The molecule has 0 heterocycles. The lowest BCUT2D eigenvalue weighted by Crippen LogP contribution is -2.42. The topological polar surface area (TPSA) is 66.5 Å². The summed E-state index contributed by atoms with van der Waals surface area (Å²) in [5.41, 5.74) is 1.89. The molecule has 1 N–H and O–H groups in total. The Bertz CT molecular complexity index is 1200. The van der Waals surface area contributed by atoms with Crippen LogP contribution in [0.5, 0.6) is 0 Å². The Balaban J connectivity index is 1.84. The molecule has 3 aromatic rings. The van der Waals surface area contributed by atoms with Crippen LogP contribution < -0.4 is 9.62 Å². The third-order valence-corrected chi connectivity index (χ3v) is 7.17. The highest BCUT2D eigenvalue weighted by Gasteiger charge is 2.29. The van der Waals surface area contributed by atoms with Crippen LogP contribution in [-0.2, 0) is 20.2 Å². The second-order valence-electron chi connectivity index (χ2n) is 8.94. The minimum absolute atomic E-state index is 0.0110. The van der Waals surface area contributed by atoms with E-state index in [1.807, 2.05) is 31.2 Å². The molecule has 0 bridgehead atoms. The van der Waals surface area contributed by atoms with Gasteiger partial charge in [0.1, 0.15) is 12.4 Å². The number of halogens is 1. The molecule has 0 radical (unpaired) electrons. The van der Waals surface area contributed by atoms with Gasteiger partial charge in [-0.15, -0.1) is 0 Å². The summed E-state index contributed by atoms with van der Waals surface area (Å²) in [5.74, 6) is -1.26. The number of hydrogen-bond donors (Lipinski definition) is 1. The Morgan fingerprint density at radius 1 is 0.939 bits per heavy atom. The van der Waals surface area contributed by atoms with Crippen molar-refractivity contribution in [1.82, 2.24) is 5.32 Å². The molecule has 3 aromatic carbocycles. The van der Waals surface area contributed by atoms with Gasteiger partial charge in [0.05, 0.1) is 16.6 Å². The van der Waals surface area contributed by atoms with Gasteiger partial charge in [0.15, 0.2) is 0 Å². The molecule has 0 spiro atoms. The van der Waals surface area contributed by atoms with Crippen molar-refractivity contribution in [2.75, 3.05) is 10.8 Å². The lowest BCUT2D eigenvalue weighted by Gasteiger charge is -2.25. The smallest absolute Gasteiger partial charge is 0.264 e. The maximum absolute atomic E-state index is 14.6. The highest BCUT2D eigenvalue weighted by atomic mass is 32.2. The van der Waals surface area contributed by atoms with E-state index >= 15 is 0 Å². The van der Waals surface area contributed by atoms with Gasteiger partial charge < -0.3 is 5.32 Å². The number of anilines is 1. The maximum atomic E-state index is 14.6. The molecule has 7 heteroatoms. The molecule has 1 atom stereocenters. The third-order valence-electron chi connectivity index (χ3n) is 5.39. The lowest BCUT2D eigenvalue weighted by molar-refractivity contribution is -0.120. The van der Waals surface area contributed by atoms with Crippen LogP contribution in [0.25, 0.3) is 0 Å². The predicted octanol–water partition coefficient (Wildman–Crippen LogP) is 5.20. The van der Waals surface area contributed by atoms with Crippen LogP contribution >= 0.6 is 0 Å². The highest BCUT2D eigenvalue weighted by molar-refractivity contribution is 7.92. The Labute approximate surface area is 195 Å². The van der Waals surface area contributed by atoms with Crippen molar-refractivity contribution in [1.29, 1.82) is 0 Å². The first-order chi connectivity index (χ1) is 15.5. The Hall–Kier alpha value is -3.19. The number of carbonyl (C=O) groups is 1. The van der Waals surface area contributed by atoms with E-state index in [9.17, 15) is 17.6 Å². The molecule has 33 heavy (non-hydrogen) atoms. The summed E-state index contributed by atoms with van der Waals surface area (Å²) < 4.78 is 41.9. The molecule has 0 aliphatic carbocycles. The zero-order chi connectivity index (χ0) is 24.2. The number of amides is 1. The van der Waals surface area contributed by atoms with Crippen LogP contribution in [0.1, 0.15) is 44.9 Å². The number of hydrogen-bond acceptors (Lipinski definition) is 3. The zero-order valence-electron chi connectivity index (χ0n) is 19.2. The normalized spacial score (nSPS) is 12.8. The largest absolute Gasteiger partial charge is 0.348 e. The van der Waals surface area contributed by atoms with Crippen molar-refractivity contribution >= 4 is 21.6 Å². The first-order valence-electron chi connectivity index (χ1n) is 10.7. The van der Waals surface area contributed by atoms with E-state index in [0.717, 1.165) is 9.87 Å². The van der Waals surface area contributed by atoms with Crippen LogP contribution in [-0.4, -0.2) is 20.9 Å². The van der Waals surface area contributed by atoms with Crippen molar-refractivity contribution < 1.29 is 17.6 Å². The number of nitrogens with zero attached hydrogens (tertiary/aromatic N) is 1. The molecule has 0 fully saturated rings. The van der Waals surface area contributed by atoms with Gasteiger partial charge in [0.2, 0.25) is 5.91 Å². The van der Waals surface area contributed by atoms with Gasteiger partial charge in [-0.25, -0.2) is 12.8 Å². The Morgan fingerprint density at radius 3 is 2.09 bits per heavy atom. The van der Waals surface area contributed by atoms with E-state index in [1.54, 1.807) is 18.2 Å². The molecule has 1 unspecified atom stereocenters.